The van der Waals surface area contributed by atoms with Crippen molar-refractivity contribution in [2.75, 3.05) is 0 Å². The van der Waals surface area contributed by atoms with Crippen molar-refractivity contribution in [3.8, 4) is 0 Å². The summed E-state index contributed by atoms with van der Waals surface area (Å²) in [5.74, 6) is 0.490. The van der Waals surface area contributed by atoms with Gasteiger partial charge in [-0.05, 0) is 34.0 Å². The van der Waals surface area contributed by atoms with E-state index in [9.17, 15) is 0 Å². The van der Waals surface area contributed by atoms with Gasteiger partial charge in [-0.15, -0.1) is 0 Å². The lowest BCUT2D eigenvalue weighted by molar-refractivity contribution is 0.820. The first-order chi connectivity index (χ1) is 4.70. The van der Waals surface area contributed by atoms with E-state index in [1.54, 1.807) is 0 Å². The van der Waals surface area contributed by atoms with Gasteiger partial charge in [0.05, 0.1) is 0 Å². The van der Waals surface area contributed by atoms with Crippen LogP contribution in [0.3, 0.4) is 0 Å². The number of aromatic nitrogens is 1. The predicted octanol–water partition coefficient (Wildman–Crippen LogP) is 2.77. The van der Waals surface area contributed by atoms with Crippen LogP contribution in [0.5, 0.6) is 0 Å². The van der Waals surface area contributed by atoms with Crippen molar-refractivity contribution >= 4 is 15.9 Å². The first kappa shape index (κ1) is 7.73. The van der Waals surface area contributed by atoms with Gasteiger partial charge in [-0.25, -0.2) is 4.98 Å². The Bertz CT molecular complexity index is 203. The molecule has 0 saturated carbocycles. The van der Waals surface area contributed by atoms with Crippen LogP contribution in [0.25, 0.3) is 0 Å². The molecule has 1 radical (unpaired) electrons. The first-order valence-electron chi connectivity index (χ1n) is 3.24. The Morgan fingerprint density at radius 2 is 2.20 bits per heavy atom. The molecule has 0 aliphatic rings. The lowest BCUT2D eigenvalue weighted by atomic mass is 10.1. The fourth-order valence-electron chi connectivity index (χ4n) is 0.673. The second-order valence-corrected chi connectivity index (χ2v) is 3.34. The molecular formula is C8H9BrN. The maximum absolute atomic E-state index is 4.11. The van der Waals surface area contributed by atoms with Gasteiger partial charge in [-0.2, -0.15) is 0 Å². The summed E-state index contributed by atoms with van der Waals surface area (Å²) in [6, 6.07) is 3.97. The van der Waals surface area contributed by atoms with Gasteiger partial charge in [-0.3, -0.25) is 0 Å². The van der Waals surface area contributed by atoms with Crippen LogP contribution < -0.4 is 0 Å². The Kier molecular flexibility index (Phi) is 2.44. The molecule has 0 unspecified atom stereocenters. The third-order valence-electron chi connectivity index (χ3n) is 1.28. The number of rotatable bonds is 1. The van der Waals surface area contributed by atoms with E-state index in [1.807, 2.05) is 12.1 Å². The zero-order chi connectivity index (χ0) is 7.56. The minimum atomic E-state index is 0.490. The molecule has 0 spiro atoms. The number of halogens is 1. The normalized spacial score (nSPS) is 10.4. The summed E-state index contributed by atoms with van der Waals surface area (Å²) < 4.78 is 0.914. The predicted molar refractivity (Wildman–Crippen MR) is 44.9 cm³/mol. The molecule has 0 aromatic carbocycles. The Balaban J connectivity index is 2.89. The molecule has 0 aliphatic heterocycles. The van der Waals surface area contributed by atoms with Crippen LogP contribution in [0.4, 0.5) is 0 Å². The van der Waals surface area contributed by atoms with Gasteiger partial charge in [0.15, 0.2) is 0 Å². The number of pyridine rings is 1. The molecule has 0 fully saturated rings. The van der Waals surface area contributed by atoms with E-state index in [1.165, 1.54) is 0 Å². The topological polar surface area (TPSA) is 12.9 Å². The van der Waals surface area contributed by atoms with Crippen molar-refractivity contribution in [3.05, 3.63) is 28.5 Å². The van der Waals surface area contributed by atoms with Crippen molar-refractivity contribution in [1.82, 2.24) is 4.98 Å². The number of nitrogens with zero attached hydrogens (tertiary/aromatic N) is 1. The third kappa shape index (κ3) is 1.81. The molecule has 0 aliphatic carbocycles. The Hall–Kier alpha value is -0.370. The monoisotopic (exact) mass is 198 g/mol. The fraction of sp³-hybridized carbons (Fsp3) is 0.375. The van der Waals surface area contributed by atoms with Crippen LogP contribution in [0.1, 0.15) is 25.5 Å². The second-order valence-electron chi connectivity index (χ2n) is 2.48. The zero-order valence-electron chi connectivity index (χ0n) is 6.06. The average molecular weight is 199 g/mol. The fourth-order valence-corrected chi connectivity index (χ4v) is 0.893. The van der Waals surface area contributed by atoms with E-state index in [4.69, 9.17) is 0 Å². The van der Waals surface area contributed by atoms with Crippen molar-refractivity contribution in [1.29, 1.82) is 0 Å². The lowest BCUT2D eigenvalue weighted by Crippen LogP contribution is -1.90. The molecule has 0 N–H and O–H groups in total. The van der Waals surface area contributed by atoms with Gasteiger partial charge in [0.2, 0.25) is 0 Å². The maximum Gasteiger partial charge on any atom is 0.104 e. The smallest absolute Gasteiger partial charge is 0.104 e. The van der Waals surface area contributed by atoms with Crippen LogP contribution >= 0.6 is 15.9 Å². The molecule has 1 aromatic rings. The number of hydrogen-bond donors (Lipinski definition) is 0. The van der Waals surface area contributed by atoms with Crippen LogP contribution in [-0.2, 0) is 0 Å². The van der Waals surface area contributed by atoms with Crippen LogP contribution in [0.2, 0.25) is 0 Å². The molecule has 2 heteroatoms. The third-order valence-corrected chi connectivity index (χ3v) is 1.73. The van der Waals surface area contributed by atoms with Crippen molar-refractivity contribution in [2.45, 2.75) is 19.8 Å². The highest BCUT2D eigenvalue weighted by Crippen LogP contribution is 2.13. The molecular weight excluding hydrogens is 190 g/mol. The Labute approximate surface area is 69.6 Å². The van der Waals surface area contributed by atoms with Crippen LogP contribution in [0.15, 0.2) is 16.6 Å². The van der Waals surface area contributed by atoms with Crippen molar-refractivity contribution in [2.24, 2.45) is 0 Å². The van der Waals surface area contributed by atoms with E-state index in [-0.39, 0.29) is 0 Å². The Morgan fingerprint density at radius 3 is 2.60 bits per heavy atom. The molecule has 0 saturated heterocycles. The van der Waals surface area contributed by atoms with Crippen molar-refractivity contribution < 1.29 is 0 Å². The molecule has 53 valence electrons. The Morgan fingerprint density at radius 1 is 1.50 bits per heavy atom. The molecule has 10 heavy (non-hydrogen) atoms. The summed E-state index contributed by atoms with van der Waals surface area (Å²) in [5.41, 5.74) is 1.09. The molecule has 1 aromatic heterocycles. The molecule has 0 amide bonds. The first-order valence-corrected chi connectivity index (χ1v) is 4.03. The van der Waals surface area contributed by atoms with Gasteiger partial charge >= 0.3 is 0 Å². The summed E-state index contributed by atoms with van der Waals surface area (Å²) in [7, 11) is 0. The van der Waals surface area contributed by atoms with E-state index in [0.717, 1.165) is 10.2 Å². The quantitative estimate of drug-likeness (QED) is 0.677. The van der Waals surface area contributed by atoms with E-state index in [2.05, 4.69) is 41.0 Å². The highest BCUT2D eigenvalue weighted by molar-refractivity contribution is 9.10. The summed E-state index contributed by atoms with van der Waals surface area (Å²) in [6.45, 7) is 4.23. The van der Waals surface area contributed by atoms with Gasteiger partial charge in [0.1, 0.15) is 6.20 Å². The maximum atomic E-state index is 4.11. The SMILES string of the molecule is CC(C)c1ccc(Br)[c]n1. The highest BCUT2D eigenvalue weighted by Gasteiger charge is 1.98. The average Bonchev–Trinajstić information content (AvgIpc) is 1.88. The van der Waals surface area contributed by atoms with E-state index < -0.39 is 0 Å². The van der Waals surface area contributed by atoms with E-state index >= 15 is 0 Å². The van der Waals surface area contributed by atoms with Crippen molar-refractivity contribution in [3.63, 3.8) is 0 Å². The van der Waals surface area contributed by atoms with Gasteiger partial charge in [-0.1, -0.05) is 13.8 Å². The molecule has 0 bridgehead atoms. The minimum Gasteiger partial charge on any atom is -0.250 e. The van der Waals surface area contributed by atoms with Crippen LogP contribution in [-0.4, -0.2) is 4.98 Å². The van der Waals surface area contributed by atoms with Gasteiger partial charge in [0, 0.05) is 10.2 Å². The van der Waals surface area contributed by atoms with E-state index in [0.29, 0.717) is 5.92 Å². The van der Waals surface area contributed by atoms with Gasteiger partial charge in [0.25, 0.3) is 0 Å². The summed E-state index contributed by atoms with van der Waals surface area (Å²) in [5, 5.41) is 0. The zero-order valence-corrected chi connectivity index (χ0v) is 7.64. The number of hydrogen-bond acceptors (Lipinski definition) is 1. The standard InChI is InChI=1S/C8H9BrN/c1-6(2)8-4-3-7(9)5-10-8/h3-4,6H,1-2H3. The van der Waals surface area contributed by atoms with Crippen LogP contribution in [0, 0.1) is 6.20 Å². The molecule has 1 nitrogen and oxygen atoms in total. The highest BCUT2D eigenvalue weighted by atomic mass is 79.9. The minimum absolute atomic E-state index is 0.490. The van der Waals surface area contributed by atoms with Gasteiger partial charge < -0.3 is 0 Å². The lowest BCUT2D eigenvalue weighted by Gasteiger charge is -2.01. The summed E-state index contributed by atoms with van der Waals surface area (Å²) in [4.78, 5) is 4.11. The molecule has 0 atom stereocenters. The molecule has 1 rings (SSSR count). The summed E-state index contributed by atoms with van der Waals surface area (Å²) >= 11 is 3.28. The second kappa shape index (κ2) is 3.15. The summed E-state index contributed by atoms with van der Waals surface area (Å²) in [6.07, 6.45) is 2.85. The largest absolute Gasteiger partial charge is 0.250 e. The molecule has 1 heterocycles.